The van der Waals surface area contributed by atoms with E-state index in [2.05, 4.69) is 27.8 Å². The summed E-state index contributed by atoms with van der Waals surface area (Å²) < 4.78 is 6.14. The van der Waals surface area contributed by atoms with Crippen molar-refractivity contribution in [2.75, 3.05) is 11.5 Å². The number of hydrogen-bond acceptors (Lipinski definition) is 5. The van der Waals surface area contributed by atoms with Gasteiger partial charge in [0.25, 0.3) is 11.8 Å². The smallest absolute Gasteiger partial charge is 0.335 e. The third kappa shape index (κ3) is 4.28. The van der Waals surface area contributed by atoms with Gasteiger partial charge in [-0.25, -0.2) is 9.69 Å². The van der Waals surface area contributed by atoms with E-state index < -0.39 is 17.8 Å². The van der Waals surface area contributed by atoms with Gasteiger partial charge in [-0.3, -0.25) is 14.9 Å². The average Bonchev–Trinajstić information content (AvgIpc) is 2.69. The molecule has 2 N–H and O–H groups in total. The number of carbonyl (C=O) groups is 3. The zero-order chi connectivity index (χ0) is 21.8. The number of phenols is 1. The average molecular weight is 471 g/mol. The Labute approximate surface area is 181 Å². The van der Waals surface area contributed by atoms with E-state index in [1.165, 1.54) is 12.1 Å². The lowest BCUT2D eigenvalue weighted by atomic mass is 10.0. The number of rotatable bonds is 6. The van der Waals surface area contributed by atoms with E-state index in [1.54, 1.807) is 43.3 Å². The van der Waals surface area contributed by atoms with Crippen LogP contribution in [0.1, 0.15) is 18.1 Å². The Morgan fingerprint density at radius 3 is 2.67 bits per heavy atom. The molecule has 1 aliphatic heterocycles. The number of imide groups is 2. The summed E-state index contributed by atoms with van der Waals surface area (Å²) in [7, 11) is 0. The van der Waals surface area contributed by atoms with Crippen LogP contribution in [0.2, 0.25) is 0 Å². The Bertz CT molecular complexity index is 1080. The standard InChI is InChI=1S/C22H19BrN2O5/c1-3-6-14-9-13(11-18(19(14)26)30-4-2)10-17-20(27)24-22(29)25(21(17)28)16-8-5-7-15(23)12-16/h3,5,7-12,26H,1,4,6H2,2H3,(H,24,27,29)/b17-10+. The van der Waals surface area contributed by atoms with Crippen LogP contribution in [-0.4, -0.2) is 29.6 Å². The van der Waals surface area contributed by atoms with Crippen molar-refractivity contribution in [1.29, 1.82) is 0 Å². The molecular weight excluding hydrogens is 452 g/mol. The third-order valence-corrected chi connectivity index (χ3v) is 4.81. The molecule has 0 radical (unpaired) electrons. The number of aromatic hydroxyl groups is 1. The number of barbiturate groups is 1. The van der Waals surface area contributed by atoms with E-state index in [0.29, 0.717) is 34.3 Å². The first-order valence-corrected chi connectivity index (χ1v) is 9.91. The van der Waals surface area contributed by atoms with Crippen molar-refractivity contribution < 1.29 is 24.2 Å². The summed E-state index contributed by atoms with van der Waals surface area (Å²) >= 11 is 3.30. The molecule has 8 heteroatoms. The number of nitrogens with zero attached hydrogens (tertiary/aromatic N) is 1. The van der Waals surface area contributed by atoms with Crippen LogP contribution in [0.3, 0.4) is 0 Å². The first kappa shape index (κ1) is 21.3. The fraction of sp³-hybridized carbons (Fsp3) is 0.136. The molecule has 0 aliphatic carbocycles. The molecule has 1 heterocycles. The normalized spacial score (nSPS) is 15.3. The molecular formula is C22H19BrN2O5. The van der Waals surface area contributed by atoms with Gasteiger partial charge >= 0.3 is 6.03 Å². The largest absolute Gasteiger partial charge is 0.504 e. The van der Waals surface area contributed by atoms with E-state index in [0.717, 1.165) is 4.90 Å². The van der Waals surface area contributed by atoms with Crippen LogP contribution < -0.4 is 15.0 Å². The number of carbonyl (C=O) groups excluding carboxylic acids is 3. The van der Waals surface area contributed by atoms with Crippen LogP contribution in [0.25, 0.3) is 6.08 Å². The molecule has 2 aromatic rings. The van der Waals surface area contributed by atoms with Gasteiger partial charge in [-0.15, -0.1) is 6.58 Å². The second-order valence-electron chi connectivity index (χ2n) is 6.39. The Morgan fingerprint density at radius 2 is 2.00 bits per heavy atom. The van der Waals surface area contributed by atoms with E-state index >= 15 is 0 Å². The zero-order valence-electron chi connectivity index (χ0n) is 16.1. The van der Waals surface area contributed by atoms with Gasteiger partial charge in [0, 0.05) is 10.0 Å². The summed E-state index contributed by atoms with van der Waals surface area (Å²) in [5.41, 5.74) is 1.10. The first-order chi connectivity index (χ1) is 14.3. The van der Waals surface area contributed by atoms with Gasteiger partial charge in [-0.1, -0.05) is 28.1 Å². The Morgan fingerprint density at radius 1 is 1.23 bits per heavy atom. The van der Waals surface area contributed by atoms with E-state index in [1.807, 2.05) is 0 Å². The third-order valence-electron chi connectivity index (χ3n) is 4.32. The lowest BCUT2D eigenvalue weighted by molar-refractivity contribution is -0.122. The molecule has 0 saturated carbocycles. The summed E-state index contributed by atoms with van der Waals surface area (Å²) in [5.74, 6) is -1.35. The van der Waals surface area contributed by atoms with E-state index in [-0.39, 0.29) is 17.1 Å². The zero-order valence-corrected chi connectivity index (χ0v) is 17.7. The Kier molecular flexibility index (Phi) is 6.37. The predicted molar refractivity (Wildman–Crippen MR) is 116 cm³/mol. The quantitative estimate of drug-likeness (QED) is 0.378. The molecule has 0 unspecified atom stereocenters. The number of allylic oxidation sites excluding steroid dienone is 1. The highest BCUT2D eigenvalue weighted by Crippen LogP contribution is 2.34. The number of hydrogen-bond donors (Lipinski definition) is 2. The second kappa shape index (κ2) is 8.96. The van der Waals surface area contributed by atoms with Crippen LogP contribution in [0.5, 0.6) is 11.5 Å². The van der Waals surface area contributed by atoms with Crippen molar-refractivity contribution in [2.45, 2.75) is 13.3 Å². The molecule has 1 aliphatic rings. The highest BCUT2D eigenvalue weighted by Gasteiger charge is 2.36. The van der Waals surface area contributed by atoms with Crippen molar-refractivity contribution in [3.63, 3.8) is 0 Å². The second-order valence-corrected chi connectivity index (χ2v) is 7.31. The number of halogens is 1. The minimum Gasteiger partial charge on any atom is -0.504 e. The number of phenolic OH excluding ortho intramolecular Hbond substituents is 1. The van der Waals surface area contributed by atoms with Gasteiger partial charge in [-0.05, 0) is 55.3 Å². The molecule has 1 saturated heterocycles. The summed E-state index contributed by atoms with van der Waals surface area (Å²) in [4.78, 5) is 38.6. The van der Waals surface area contributed by atoms with Crippen molar-refractivity contribution in [3.8, 4) is 11.5 Å². The maximum Gasteiger partial charge on any atom is 0.335 e. The molecule has 1 fully saturated rings. The number of ether oxygens (including phenoxy) is 1. The number of benzene rings is 2. The molecule has 4 amide bonds. The maximum atomic E-state index is 13.0. The van der Waals surface area contributed by atoms with Gasteiger partial charge in [-0.2, -0.15) is 0 Å². The Hall–Kier alpha value is -3.39. The molecule has 0 aromatic heterocycles. The van der Waals surface area contributed by atoms with Crippen LogP contribution in [0.4, 0.5) is 10.5 Å². The number of amides is 4. The first-order valence-electron chi connectivity index (χ1n) is 9.12. The van der Waals surface area contributed by atoms with Gasteiger partial charge in [0.05, 0.1) is 12.3 Å². The number of nitrogens with one attached hydrogen (secondary N) is 1. The molecule has 0 bridgehead atoms. The highest BCUT2D eigenvalue weighted by molar-refractivity contribution is 9.10. The monoisotopic (exact) mass is 470 g/mol. The predicted octanol–water partition coefficient (Wildman–Crippen LogP) is 3.95. The topological polar surface area (TPSA) is 95.9 Å². The molecule has 2 aromatic carbocycles. The van der Waals surface area contributed by atoms with E-state index in [9.17, 15) is 19.5 Å². The Balaban J connectivity index is 2.07. The van der Waals surface area contributed by atoms with Gasteiger partial charge in [0.15, 0.2) is 11.5 Å². The lowest BCUT2D eigenvalue weighted by Gasteiger charge is -2.26. The van der Waals surface area contributed by atoms with Gasteiger partial charge in [0.2, 0.25) is 0 Å². The summed E-state index contributed by atoms with van der Waals surface area (Å²) in [5, 5.41) is 12.5. The minimum atomic E-state index is -0.826. The summed E-state index contributed by atoms with van der Waals surface area (Å²) in [6.07, 6.45) is 3.35. The minimum absolute atomic E-state index is 0.0238. The molecule has 30 heavy (non-hydrogen) atoms. The molecule has 0 atom stereocenters. The number of urea groups is 1. The van der Waals surface area contributed by atoms with Gasteiger partial charge < -0.3 is 9.84 Å². The highest BCUT2D eigenvalue weighted by atomic mass is 79.9. The summed E-state index contributed by atoms with van der Waals surface area (Å²) in [6, 6.07) is 8.95. The van der Waals surface area contributed by atoms with Crippen LogP contribution in [0, 0.1) is 0 Å². The van der Waals surface area contributed by atoms with E-state index in [4.69, 9.17) is 4.74 Å². The van der Waals surface area contributed by atoms with Crippen molar-refractivity contribution in [2.24, 2.45) is 0 Å². The fourth-order valence-electron chi connectivity index (χ4n) is 3.02. The van der Waals surface area contributed by atoms with Crippen LogP contribution in [0.15, 0.2) is 59.1 Å². The molecule has 7 nitrogen and oxygen atoms in total. The lowest BCUT2D eigenvalue weighted by Crippen LogP contribution is -2.54. The fourth-order valence-corrected chi connectivity index (χ4v) is 3.41. The van der Waals surface area contributed by atoms with Gasteiger partial charge in [0.1, 0.15) is 5.57 Å². The maximum absolute atomic E-state index is 13.0. The summed E-state index contributed by atoms with van der Waals surface area (Å²) in [6.45, 7) is 5.77. The number of anilines is 1. The van der Waals surface area contributed by atoms with Crippen LogP contribution in [-0.2, 0) is 16.0 Å². The van der Waals surface area contributed by atoms with Crippen LogP contribution >= 0.6 is 15.9 Å². The molecule has 154 valence electrons. The molecule has 0 spiro atoms. The SMILES string of the molecule is C=CCc1cc(/C=C2\C(=O)NC(=O)N(c3cccc(Br)c3)C2=O)cc(OCC)c1O. The van der Waals surface area contributed by atoms with Crippen molar-refractivity contribution in [3.05, 3.63) is 70.2 Å². The van der Waals surface area contributed by atoms with Crippen molar-refractivity contribution >= 4 is 45.5 Å². The van der Waals surface area contributed by atoms with Crippen molar-refractivity contribution in [1.82, 2.24) is 5.32 Å². The molecule has 3 rings (SSSR count).